The average Bonchev–Trinajstić information content (AvgIpc) is 2.44. The van der Waals surface area contributed by atoms with E-state index in [2.05, 4.69) is 11.9 Å². The fourth-order valence-electron chi connectivity index (χ4n) is 3.17. The topological polar surface area (TPSA) is 49.5 Å². The number of nitrogens with zero attached hydrogens (tertiary/aromatic N) is 1. The van der Waals surface area contributed by atoms with Gasteiger partial charge in [0.15, 0.2) is 0 Å². The molecule has 1 saturated carbocycles. The van der Waals surface area contributed by atoms with Gasteiger partial charge in [-0.25, -0.2) is 0 Å². The molecule has 1 fully saturated rings. The van der Waals surface area contributed by atoms with E-state index in [1.165, 1.54) is 19.3 Å². The number of benzene rings is 1. The lowest BCUT2D eigenvalue weighted by Gasteiger charge is -2.37. The Morgan fingerprint density at radius 2 is 2.00 bits per heavy atom. The summed E-state index contributed by atoms with van der Waals surface area (Å²) in [7, 11) is 2.08. The summed E-state index contributed by atoms with van der Waals surface area (Å²) < 4.78 is 0. The van der Waals surface area contributed by atoms with Crippen molar-refractivity contribution in [2.75, 3.05) is 13.6 Å². The zero-order valence-corrected chi connectivity index (χ0v) is 13.3. The number of halogens is 2. The molecule has 20 heavy (non-hydrogen) atoms. The van der Waals surface area contributed by atoms with Crippen LogP contribution in [0.2, 0.25) is 10.0 Å². The zero-order chi connectivity index (χ0) is 14.7. The zero-order valence-electron chi connectivity index (χ0n) is 11.8. The lowest BCUT2D eigenvalue weighted by Crippen LogP contribution is -2.42. The fourth-order valence-corrected chi connectivity index (χ4v) is 3.70. The van der Waals surface area contributed by atoms with E-state index in [1.807, 2.05) is 0 Å². The van der Waals surface area contributed by atoms with Gasteiger partial charge in [0.2, 0.25) is 0 Å². The van der Waals surface area contributed by atoms with Gasteiger partial charge in [0, 0.05) is 23.2 Å². The number of phenolic OH excluding ortho intramolecular Hbond substituents is 1. The van der Waals surface area contributed by atoms with E-state index in [0.717, 1.165) is 18.5 Å². The highest BCUT2D eigenvalue weighted by atomic mass is 35.5. The second-order valence-corrected chi connectivity index (χ2v) is 6.50. The number of phenols is 1. The first-order chi connectivity index (χ1) is 9.52. The van der Waals surface area contributed by atoms with Crippen LogP contribution in [0.4, 0.5) is 0 Å². The smallest absolute Gasteiger partial charge is 0.138 e. The molecule has 1 aliphatic rings. The third-order valence-corrected chi connectivity index (χ3v) is 4.77. The predicted molar refractivity (Wildman–Crippen MR) is 84.4 cm³/mol. The van der Waals surface area contributed by atoms with Crippen LogP contribution in [-0.2, 0) is 6.54 Å². The standard InChI is InChI=1S/C15H22Cl2N2O/c1-19(14-5-3-2-4-10(14)8-18)9-11-6-12(16)7-13(17)15(11)20/h6-7,10,14,20H,2-5,8-9,18H2,1H3. The van der Waals surface area contributed by atoms with Gasteiger partial charge in [-0.05, 0) is 44.5 Å². The lowest BCUT2D eigenvalue weighted by molar-refractivity contribution is 0.126. The number of hydrogen-bond acceptors (Lipinski definition) is 3. The fraction of sp³-hybridized carbons (Fsp3) is 0.600. The van der Waals surface area contributed by atoms with E-state index in [1.54, 1.807) is 12.1 Å². The summed E-state index contributed by atoms with van der Waals surface area (Å²) >= 11 is 12.0. The van der Waals surface area contributed by atoms with E-state index >= 15 is 0 Å². The first-order valence-electron chi connectivity index (χ1n) is 7.10. The van der Waals surface area contributed by atoms with Gasteiger partial charge in [0.25, 0.3) is 0 Å². The van der Waals surface area contributed by atoms with E-state index in [-0.39, 0.29) is 5.75 Å². The monoisotopic (exact) mass is 316 g/mol. The van der Waals surface area contributed by atoms with Crippen LogP contribution in [0.15, 0.2) is 12.1 Å². The molecule has 0 aromatic heterocycles. The Morgan fingerprint density at radius 1 is 1.30 bits per heavy atom. The molecule has 2 rings (SSSR count). The quantitative estimate of drug-likeness (QED) is 0.891. The molecule has 112 valence electrons. The van der Waals surface area contributed by atoms with Gasteiger partial charge in [-0.3, -0.25) is 4.90 Å². The van der Waals surface area contributed by atoms with Crippen LogP contribution in [-0.4, -0.2) is 29.6 Å². The van der Waals surface area contributed by atoms with Crippen molar-refractivity contribution in [2.24, 2.45) is 11.7 Å². The van der Waals surface area contributed by atoms with Gasteiger partial charge in [-0.2, -0.15) is 0 Å². The highest BCUT2D eigenvalue weighted by Crippen LogP contribution is 2.34. The van der Waals surface area contributed by atoms with E-state index in [4.69, 9.17) is 28.9 Å². The molecule has 0 amide bonds. The maximum atomic E-state index is 10.1. The summed E-state index contributed by atoms with van der Waals surface area (Å²) in [4.78, 5) is 2.26. The molecular formula is C15H22Cl2N2O. The summed E-state index contributed by atoms with van der Waals surface area (Å²) in [6.45, 7) is 1.35. The second kappa shape index (κ2) is 6.99. The number of nitrogens with two attached hydrogens (primary N) is 1. The Balaban J connectivity index is 2.12. The van der Waals surface area contributed by atoms with Gasteiger partial charge < -0.3 is 10.8 Å². The van der Waals surface area contributed by atoms with Crippen LogP contribution in [0.3, 0.4) is 0 Å². The van der Waals surface area contributed by atoms with E-state index < -0.39 is 0 Å². The van der Waals surface area contributed by atoms with Crippen molar-refractivity contribution in [1.29, 1.82) is 0 Å². The summed E-state index contributed by atoms with van der Waals surface area (Å²) in [5.74, 6) is 0.661. The molecule has 3 N–H and O–H groups in total. The van der Waals surface area contributed by atoms with Crippen LogP contribution in [0, 0.1) is 5.92 Å². The Bertz CT molecular complexity index is 467. The predicted octanol–water partition coefficient (Wildman–Crippen LogP) is 3.65. The highest BCUT2D eigenvalue weighted by molar-refractivity contribution is 6.35. The summed E-state index contributed by atoms with van der Waals surface area (Å²) in [5.41, 5.74) is 6.65. The number of aromatic hydroxyl groups is 1. The Labute approximate surface area is 130 Å². The van der Waals surface area contributed by atoms with Crippen molar-refractivity contribution in [3.05, 3.63) is 27.7 Å². The van der Waals surface area contributed by atoms with Crippen LogP contribution < -0.4 is 5.73 Å². The third-order valence-electron chi connectivity index (χ3n) is 4.26. The van der Waals surface area contributed by atoms with Gasteiger partial charge in [-0.15, -0.1) is 0 Å². The van der Waals surface area contributed by atoms with Crippen molar-refractivity contribution < 1.29 is 5.11 Å². The lowest BCUT2D eigenvalue weighted by atomic mass is 9.83. The molecule has 0 saturated heterocycles. The first kappa shape index (κ1) is 15.9. The summed E-state index contributed by atoms with van der Waals surface area (Å²) in [6.07, 6.45) is 4.86. The molecule has 1 aromatic carbocycles. The molecule has 2 unspecified atom stereocenters. The molecule has 5 heteroatoms. The number of rotatable bonds is 4. The van der Waals surface area contributed by atoms with Crippen molar-refractivity contribution in [3.8, 4) is 5.75 Å². The molecule has 0 bridgehead atoms. The second-order valence-electron chi connectivity index (χ2n) is 5.66. The minimum Gasteiger partial charge on any atom is -0.506 e. The Hall–Kier alpha value is -0.480. The van der Waals surface area contributed by atoms with Crippen LogP contribution in [0.5, 0.6) is 5.75 Å². The Kier molecular flexibility index (Phi) is 5.56. The molecule has 1 aliphatic carbocycles. The molecule has 2 atom stereocenters. The molecule has 0 heterocycles. The van der Waals surface area contributed by atoms with Crippen LogP contribution in [0.1, 0.15) is 31.2 Å². The first-order valence-corrected chi connectivity index (χ1v) is 7.85. The minimum absolute atomic E-state index is 0.128. The van der Waals surface area contributed by atoms with E-state index in [9.17, 15) is 5.11 Å². The van der Waals surface area contributed by atoms with Crippen LogP contribution >= 0.6 is 23.2 Å². The average molecular weight is 317 g/mol. The Morgan fingerprint density at radius 3 is 2.70 bits per heavy atom. The molecule has 0 aliphatic heterocycles. The summed E-state index contributed by atoms with van der Waals surface area (Å²) in [5, 5.41) is 10.9. The van der Waals surface area contributed by atoms with Crippen molar-refractivity contribution >= 4 is 23.2 Å². The normalized spacial score (nSPS) is 23.2. The molecule has 1 aromatic rings. The maximum Gasteiger partial charge on any atom is 0.138 e. The maximum absolute atomic E-state index is 10.1. The van der Waals surface area contributed by atoms with Crippen molar-refractivity contribution in [2.45, 2.75) is 38.3 Å². The van der Waals surface area contributed by atoms with Crippen molar-refractivity contribution in [3.63, 3.8) is 0 Å². The molecule has 0 spiro atoms. The molecular weight excluding hydrogens is 295 g/mol. The van der Waals surface area contributed by atoms with Gasteiger partial charge >= 0.3 is 0 Å². The van der Waals surface area contributed by atoms with Gasteiger partial charge in [0.1, 0.15) is 5.75 Å². The summed E-state index contributed by atoms with van der Waals surface area (Å²) in [6, 6.07) is 3.80. The minimum atomic E-state index is 0.128. The SMILES string of the molecule is CN(Cc1cc(Cl)cc(Cl)c1O)C1CCCCC1CN. The van der Waals surface area contributed by atoms with Gasteiger partial charge in [-0.1, -0.05) is 36.0 Å². The third kappa shape index (κ3) is 3.59. The largest absolute Gasteiger partial charge is 0.506 e. The van der Waals surface area contributed by atoms with Crippen molar-refractivity contribution in [1.82, 2.24) is 4.90 Å². The molecule has 3 nitrogen and oxygen atoms in total. The van der Waals surface area contributed by atoms with Crippen LogP contribution in [0.25, 0.3) is 0 Å². The number of hydrogen-bond donors (Lipinski definition) is 2. The van der Waals surface area contributed by atoms with Gasteiger partial charge in [0.05, 0.1) is 5.02 Å². The molecule has 0 radical (unpaired) electrons. The highest BCUT2D eigenvalue weighted by Gasteiger charge is 2.27. The van der Waals surface area contributed by atoms with E-state index in [0.29, 0.717) is 28.5 Å².